The van der Waals surface area contributed by atoms with Crippen LogP contribution in [-0.2, 0) is 47.6 Å². The Morgan fingerprint density at radius 3 is 1.73 bits per heavy atom. The van der Waals surface area contributed by atoms with Gasteiger partial charge in [-0.05, 0) is 162 Å². The van der Waals surface area contributed by atoms with Crippen LogP contribution in [0, 0.1) is 52.3 Å². The van der Waals surface area contributed by atoms with Crippen molar-refractivity contribution in [3.05, 3.63) is 11.6 Å². The summed E-state index contributed by atoms with van der Waals surface area (Å²) in [6.45, 7) is 23.7. The number of ether oxygens (including phenoxy) is 6. The van der Waals surface area contributed by atoms with Crippen molar-refractivity contribution in [2.75, 3.05) is 46.1 Å². The predicted octanol–water partition coefficient (Wildman–Crippen LogP) is 17.8. The predicted molar refractivity (Wildman–Crippen MR) is 330 cm³/mol. The van der Waals surface area contributed by atoms with Crippen molar-refractivity contribution >= 4 is 30.0 Å². The molecule has 0 amide bonds. The lowest BCUT2D eigenvalue weighted by atomic mass is 9.47. The van der Waals surface area contributed by atoms with E-state index in [1.165, 1.54) is 103 Å². The Morgan fingerprint density at radius 2 is 1.12 bits per heavy atom. The van der Waals surface area contributed by atoms with E-state index in [1.807, 2.05) is 0 Å². The normalized spacial score (nSPS) is 24.1. The Bertz CT molecular complexity index is 1830. The van der Waals surface area contributed by atoms with Gasteiger partial charge in [0.25, 0.3) is 0 Å². The van der Waals surface area contributed by atoms with Gasteiger partial charge in [-0.15, -0.1) is 0 Å². The van der Waals surface area contributed by atoms with Crippen LogP contribution in [0.1, 0.15) is 293 Å². The van der Waals surface area contributed by atoms with Gasteiger partial charge < -0.3 is 33.3 Å². The van der Waals surface area contributed by atoms with Crippen molar-refractivity contribution in [1.82, 2.24) is 4.90 Å². The molecule has 82 heavy (non-hydrogen) atoms. The van der Waals surface area contributed by atoms with E-state index in [1.54, 1.807) is 5.57 Å². The molecule has 12 heteroatoms. The molecule has 10 atom stereocenters. The molecule has 0 spiro atoms. The molecule has 0 radical (unpaired) electrons. The summed E-state index contributed by atoms with van der Waals surface area (Å²) in [5.41, 5.74) is 2.25. The van der Waals surface area contributed by atoms with Gasteiger partial charge >= 0.3 is 30.0 Å². The fourth-order valence-electron chi connectivity index (χ4n) is 15.2. The van der Waals surface area contributed by atoms with Crippen molar-refractivity contribution in [2.24, 2.45) is 52.3 Å². The fraction of sp³-hybridized carbons (Fsp3) is 0.900. The number of hydrogen-bond donors (Lipinski definition) is 0. The Balaban J connectivity index is 1.12. The molecule has 3 fully saturated rings. The summed E-state index contributed by atoms with van der Waals surface area (Å²) in [4.78, 5) is 66.4. The van der Waals surface area contributed by atoms with Crippen molar-refractivity contribution < 1.29 is 52.4 Å². The molecule has 0 aromatic carbocycles. The smallest absolute Gasteiger partial charge is 0.465 e. The number of fused-ring (bicyclic) bond motifs is 5. The number of esters is 4. The van der Waals surface area contributed by atoms with Crippen LogP contribution in [0.3, 0.4) is 0 Å². The highest BCUT2D eigenvalue weighted by Crippen LogP contribution is 2.67. The van der Waals surface area contributed by atoms with Gasteiger partial charge in [-0.1, -0.05) is 170 Å². The summed E-state index contributed by atoms with van der Waals surface area (Å²) < 4.78 is 34.1. The van der Waals surface area contributed by atoms with E-state index in [-0.39, 0.29) is 80.8 Å². The zero-order chi connectivity index (χ0) is 59.6. The first kappa shape index (κ1) is 71.3. The third kappa shape index (κ3) is 25.8. The summed E-state index contributed by atoms with van der Waals surface area (Å²) in [5.74, 6) is 3.31. The molecule has 0 saturated heterocycles. The third-order valence-electron chi connectivity index (χ3n) is 20.3. The molecule has 4 aliphatic rings. The zero-order valence-electron chi connectivity index (χ0n) is 54.1. The van der Waals surface area contributed by atoms with E-state index in [4.69, 9.17) is 28.4 Å². The van der Waals surface area contributed by atoms with Crippen LogP contribution in [0.4, 0.5) is 4.79 Å². The van der Waals surface area contributed by atoms with Gasteiger partial charge in [-0.2, -0.15) is 0 Å². The number of unbranched alkanes of at least 4 members (excludes halogenated alkanes) is 14. The molecule has 12 nitrogen and oxygen atoms in total. The van der Waals surface area contributed by atoms with Gasteiger partial charge in [-0.25, -0.2) is 4.79 Å². The molecule has 2 unspecified atom stereocenters. The summed E-state index contributed by atoms with van der Waals surface area (Å²) in [7, 11) is 0. The number of nitrogens with zero attached hydrogens (tertiary/aromatic N) is 1. The highest BCUT2D eigenvalue weighted by molar-refractivity contribution is 5.70. The molecule has 4 aliphatic carbocycles. The number of hydrogen-bond acceptors (Lipinski definition) is 12. The molecule has 3 saturated carbocycles. The summed E-state index contributed by atoms with van der Waals surface area (Å²) in [5, 5.41) is 0. The topological polar surface area (TPSA) is 144 Å². The first-order valence-electron chi connectivity index (χ1n) is 34.5. The van der Waals surface area contributed by atoms with Gasteiger partial charge in [0.2, 0.25) is 0 Å². The Morgan fingerprint density at radius 1 is 0.561 bits per heavy atom. The lowest BCUT2D eigenvalue weighted by Crippen LogP contribution is -2.51. The largest absolute Gasteiger partial charge is 0.508 e. The molecular formula is C70H123NO11. The Kier molecular flexibility index (Phi) is 35.0. The zero-order valence-corrected chi connectivity index (χ0v) is 54.1. The molecule has 0 N–H and O–H groups in total. The second-order valence-corrected chi connectivity index (χ2v) is 27.0. The lowest BCUT2D eigenvalue weighted by molar-refractivity contribution is -0.152. The van der Waals surface area contributed by atoms with E-state index >= 15 is 0 Å². The second kappa shape index (κ2) is 40.3. The number of rotatable bonds is 45. The average molecular weight is 1150 g/mol. The summed E-state index contributed by atoms with van der Waals surface area (Å²) in [6, 6.07) is 0. The maximum atomic E-state index is 13.1. The maximum Gasteiger partial charge on any atom is 0.508 e. The minimum absolute atomic E-state index is 0.0106. The number of carbonyl (C=O) groups excluding carboxylic acids is 5. The molecule has 4 rings (SSSR count). The van der Waals surface area contributed by atoms with Crippen molar-refractivity contribution in [3.8, 4) is 0 Å². The van der Waals surface area contributed by atoms with Gasteiger partial charge in [0, 0.05) is 38.6 Å². The molecule has 0 heterocycles. The molecule has 0 bridgehead atoms. The molecular weight excluding hydrogens is 1030 g/mol. The Labute approximate surface area is 500 Å². The van der Waals surface area contributed by atoms with Crippen LogP contribution >= 0.6 is 0 Å². The monoisotopic (exact) mass is 1150 g/mol. The first-order chi connectivity index (χ1) is 39.6. The molecule has 0 aromatic rings. The van der Waals surface area contributed by atoms with E-state index in [0.717, 1.165) is 132 Å². The highest BCUT2D eigenvalue weighted by atomic mass is 16.7. The number of carbonyl (C=O) groups is 5. The van der Waals surface area contributed by atoms with E-state index in [2.05, 4.69) is 73.3 Å². The van der Waals surface area contributed by atoms with Gasteiger partial charge in [0.15, 0.2) is 0 Å². The highest BCUT2D eigenvalue weighted by Gasteiger charge is 2.59. The van der Waals surface area contributed by atoms with Crippen LogP contribution in [0.15, 0.2) is 11.6 Å². The van der Waals surface area contributed by atoms with Gasteiger partial charge in [0.05, 0.1) is 12.5 Å². The maximum absolute atomic E-state index is 13.1. The van der Waals surface area contributed by atoms with E-state index < -0.39 is 12.1 Å². The average Bonchev–Trinajstić information content (AvgIpc) is 3.97. The van der Waals surface area contributed by atoms with Crippen LogP contribution in [0.25, 0.3) is 0 Å². The molecule has 474 valence electrons. The SMILES string of the molecule is CCCCCCCCC(CCCCCC)OC(=O)CCCCCCC(=O)OCC(COC(=O)CCCCCCC(=O)O[C@H]1CC[C@@]2(C)C(=CC[C@H]3[C@@H]4CC[C@H]([C@H](C)CCCC(C)C)[C@@]4(C)CC[C@@H]32)C1)COC(=O)OCCCN(CC)CC. The molecule has 0 aliphatic heterocycles. The van der Waals surface area contributed by atoms with E-state index in [0.29, 0.717) is 43.9 Å². The third-order valence-corrected chi connectivity index (χ3v) is 20.3. The van der Waals surface area contributed by atoms with Crippen molar-refractivity contribution in [2.45, 2.75) is 306 Å². The minimum atomic E-state index is -0.807. The second-order valence-electron chi connectivity index (χ2n) is 27.0. The van der Waals surface area contributed by atoms with Crippen molar-refractivity contribution in [3.63, 3.8) is 0 Å². The fourth-order valence-corrected chi connectivity index (χ4v) is 15.2. The van der Waals surface area contributed by atoms with Crippen LogP contribution in [0.5, 0.6) is 0 Å². The van der Waals surface area contributed by atoms with Crippen molar-refractivity contribution in [1.29, 1.82) is 0 Å². The number of allylic oxidation sites excluding steroid dienone is 1. The van der Waals surface area contributed by atoms with E-state index in [9.17, 15) is 24.0 Å². The van der Waals surface area contributed by atoms with Crippen LogP contribution in [0.2, 0.25) is 0 Å². The summed E-state index contributed by atoms with van der Waals surface area (Å²) >= 11 is 0. The molecule has 0 aromatic heterocycles. The Hall–Kier alpha value is -3.15. The lowest BCUT2D eigenvalue weighted by Gasteiger charge is -2.58. The standard InChI is InChI=1S/C70H123NO11/c1-10-14-16-18-19-25-35-58(34-24-17-15-11-2)81-66(74)38-28-22-20-26-36-64(72)78-51-56(53-80-68(76)77-49-31-48-71(12-3)13-4)52-79-65(73)37-27-21-23-29-39-67(75)82-59-44-46-69(8)57(50-59)40-41-60-62-43-42-61(55(7)33-30-32-54(5)6)70(62,9)47-45-63(60)69/h40,54-56,58-63H,10-39,41-53H2,1-9H3/t55-,56?,58?,59+,60+,61-,62+,63+,69+,70-/m1/s1. The first-order valence-corrected chi connectivity index (χ1v) is 34.5. The van der Waals surface area contributed by atoms with Gasteiger partial charge in [-0.3, -0.25) is 19.2 Å². The van der Waals surface area contributed by atoms with Gasteiger partial charge in [0.1, 0.15) is 32.0 Å². The summed E-state index contributed by atoms with van der Waals surface area (Å²) in [6.07, 6.45) is 37.2. The van der Waals surface area contributed by atoms with Crippen LogP contribution < -0.4 is 0 Å². The van der Waals surface area contributed by atoms with Crippen LogP contribution in [-0.4, -0.2) is 93.2 Å². The minimum Gasteiger partial charge on any atom is -0.465 e. The quantitative estimate of drug-likeness (QED) is 0.0248.